The van der Waals surface area contributed by atoms with Crippen molar-refractivity contribution in [3.63, 3.8) is 0 Å². The summed E-state index contributed by atoms with van der Waals surface area (Å²) in [7, 11) is 0. The summed E-state index contributed by atoms with van der Waals surface area (Å²) in [6.45, 7) is 2.90. The lowest BCUT2D eigenvalue weighted by Gasteiger charge is -2.05. The molecule has 2 aromatic carbocycles. The summed E-state index contributed by atoms with van der Waals surface area (Å²) < 4.78 is 9.59. The zero-order chi connectivity index (χ0) is 21.9. The van der Waals surface area contributed by atoms with Gasteiger partial charge in [0.25, 0.3) is 0 Å². The smallest absolute Gasteiger partial charge is 0.196 e. The number of nitrogens with zero attached hydrogens (tertiary/aromatic N) is 5. The van der Waals surface area contributed by atoms with Crippen molar-refractivity contribution in [3.8, 4) is 17.0 Å². The van der Waals surface area contributed by atoms with Crippen LogP contribution in [0.4, 0.5) is 0 Å². The Balaban J connectivity index is 1.39. The van der Waals surface area contributed by atoms with Gasteiger partial charge in [0, 0.05) is 28.7 Å². The first-order chi connectivity index (χ1) is 15.7. The van der Waals surface area contributed by atoms with E-state index in [9.17, 15) is 0 Å². The number of benzene rings is 2. The molecule has 0 amide bonds. The number of halogens is 1. The lowest BCUT2D eigenvalue weighted by molar-refractivity contribution is 0.309. The van der Waals surface area contributed by atoms with E-state index in [2.05, 4.69) is 17.1 Å². The van der Waals surface area contributed by atoms with Gasteiger partial charge in [-0.1, -0.05) is 54.9 Å². The molecule has 3 aromatic heterocycles. The van der Waals surface area contributed by atoms with Crippen LogP contribution in [0, 0.1) is 0 Å². The minimum Gasteiger partial charge on any atom is -0.494 e. The van der Waals surface area contributed by atoms with Gasteiger partial charge in [-0.05, 0) is 48.4 Å². The van der Waals surface area contributed by atoms with Gasteiger partial charge in [0.2, 0.25) is 0 Å². The minimum atomic E-state index is 0.725. The number of ether oxygens (including phenoxy) is 1. The Morgan fingerprint density at radius 3 is 2.69 bits per heavy atom. The molecular weight excluding hydrogens is 442 g/mol. The number of aromatic nitrogens is 5. The molecule has 5 rings (SSSR count). The molecule has 0 saturated carbocycles. The topological polar surface area (TPSA) is 56.7 Å². The van der Waals surface area contributed by atoms with Crippen molar-refractivity contribution in [2.45, 2.75) is 30.7 Å². The molecule has 162 valence electrons. The van der Waals surface area contributed by atoms with Crippen LogP contribution in [-0.2, 0) is 5.75 Å². The van der Waals surface area contributed by atoms with Crippen LogP contribution >= 0.6 is 23.4 Å². The van der Waals surface area contributed by atoms with Gasteiger partial charge in [-0.25, -0.2) is 4.52 Å². The zero-order valence-corrected chi connectivity index (χ0v) is 19.2. The fourth-order valence-corrected chi connectivity index (χ4v) is 4.65. The Morgan fingerprint density at radius 1 is 1.03 bits per heavy atom. The first kappa shape index (κ1) is 20.8. The third-order valence-electron chi connectivity index (χ3n) is 5.22. The lowest BCUT2D eigenvalue weighted by atomic mass is 10.1. The Bertz CT molecular complexity index is 1360. The summed E-state index contributed by atoms with van der Waals surface area (Å²) in [4.78, 5) is 0. The van der Waals surface area contributed by atoms with Crippen LogP contribution in [0.25, 0.3) is 22.4 Å². The average Bonchev–Trinajstić information content (AvgIpc) is 3.43. The molecule has 0 aliphatic rings. The molecule has 0 N–H and O–H groups in total. The van der Waals surface area contributed by atoms with Gasteiger partial charge in [-0.2, -0.15) is 5.10 Å². The molecule has 0 saturated heterocycles. The molecule has 6 nitrogen and oxygen atoms in total. The van der Waals surface area contributed by atoms with Gasteiger partial charge in [0.1, 0.15) is 11.3 Å². The molecule has 0 atom stereocenters. The molecule has 0 aliphatic heterocycles. The van der Waals surface area contributed by atoms with Gasteiger partial charge >= 0.3 is 0 Å². The molecular formula is C24H22ClN5OS. The maximum Gasteiger partial charge on any atom is 0.196 e. The Morgan fingerprint density at radius 2 is 1.88 bits per heavy atom. The number of unbranched alkanes of at least 4 members (excludes halogenated alkanes) is 1. The van der Waals surface area contributed by atoms with E-state index in [4.69, 9.17) is 21.4 Å². The van der Waals surface area contributed by atoms with Gasteiger partial charge in [0.15, 0.2) is 10.8 Å². The predicted octanol–water partition coefficient (Wildman–Crippen LogP) is 6.17. The molecule has 3 heterocycles. The molecule has 0 fully saturated rings. The van der Waals surface area contributed by atoms with Crippen LogP contribution in [-0.4, -0.2) is 30.8 Å². The molecule has 0 radical (unpaired) electrons. The molecule has 32 heavy (non-hydrogen) atoms. The van der Waals surface area contributed by atoms with E-state index in [-0.39, 0.29) is 0 Å². The van der Waals surface area contributed by atoms with Crippen molar-refractivity contribution in [1.82, 2.24) is 24.2 Å². The van der Waals surface area contributed by atoms with E-state index in [1.807, 2.05) is 75.9 Å². The fraction of sp³-hybridized carbons (Fsp3) is 0.208. The lowest BCUT2D eigenvalue weighted by Crippen LogP contribution is -1.96. The summed E-state index contributed by atoms with van der Waals surface area (Å²) in [5.41, 5.74) is 4.66. The molecule has 8 heteroatoms. The normalized spacial score (nSPS) is 11.4. The van der Waals surface area contributed by atoms with Gasteiger partial charge in [0.05, 0.1) is 12.3 Å². The molecule has 5 aromatic rings. The van der Waals surface area contributed by atoms with Gasteiger partial charge in [-0.15, -0.1) is 10.2 Å². The van der Waals surface area contributed by atoms with Crippen molar-refractivity contribution in [1.29, 1.82) is 0 Å². The zero-order valence-electron chi connectivity index (χ0n) is 17.6. The van der Waals surface area contributed by atoms with E-state index in [1.54, 1.807) is 11.8 Å². The van der Waals surface area contributed by atoms with Crippen LogP contribution in [0.5, 0.6) is 5.75 Å². The highest BCUT2D eigenvalue weighted by Gasteiger charge is 2.13. The fourth-order valence-electron chi connectivity index (χ4n) is 3.44. The third-order valence-corrected chi connectivity index (χ3v) is 6.58. The molecule has 0 bridgehead atoms. The SMILES string of the molecule is CCCCOc1ccc(-c2cc3c4nnc(SCc5ccccc5Cl)n4ccn3n2)cc1. The second-order valence-corrected chi connectivity index (χ2v) is 8.79. The van der Waals surface area contributed by atoms with Gasteiger partial charge in [-0.3, -0.25) is 4.40 Å². The number of hydrogen-bond acceptors (Lipinski definition) is 5. The highest BCUT2D eigenvalue weighted by Crippen LogP contribution is 2.28. The third kappa shape index (κ3) is 4.18. The van der Waals surface area contributed by atoms with Crippen molar-refractivity contribution < 1.29 is 4.74 Å². The second-order valence-electron chi connectivity index (χ2n) is 7.44. The minimum absolute atomic E-state index is 0.725. The monoisotopic (exact) mass is 463 g/mol. The predicted molar refractivity (Wildman–Crippen MR) is 129 cm³/mol. The first-order valence-corrected chi connectivity index (χ1v) is 11.9. The Kier molecular flexibility index (Phi) is 6.01. The van der Waals surface area contributed by atoms with E-state index in [0.29, 0.717) is 0 Å². The summed E-state index contributed by atoms with van der Waals surface area (Å²) in [5.74, 6) is 1.61. The van der Waals surface area contributed by atoms with Crippen LogP contribution in [0.2, 0.25) is 5.02 Å². The van der Waals surface area contributed by atoms with Crippen molar-refractivity contribution in [3.05, 3.63) is 77.6 Å². The first-order valence-electron chi connectivity index (χ1n) is 10.6. The van der Waals surface area contributed by atoms with Crippen molar-refractivity contribution in [2.24, 2.45) is 0 Å². The summed E-state index contributed by atoms with van der Waals surface area (Å²) in [6, 6.07) is 18.0. The van der Waals surface area contributed by atoms with E-state index >= 15 is 0 Å². The summed E-state index contributed by atoms with van der Waals surface area (Å²) >= 11 is 7.89. The molecule has 0 spiro atoms. The van der Waals surface area contributed by atoms with E-state index in [0.717, 1.165) is 69.1 Å². The summed E-state index contributed by atoms with van der Waals surface area (Å²) in [5, 5.41) is 15.1. The van der Waals surface area contributed by atoms with E-state index in [1.165, 1.54) is 0 Å². The Hall–Kier alpha value is -3.03. The quantitative estimate of drug-likeness (QED) is 0.203. The summed E-state index contributed by atoms with van der Waals surface area (Å²) in [6.07, 6.45) is 6.05. The number of hydrogen-bond donors (Lipinski definition) is 0. The van der Waals surface area contributed by atoms with Crippen molar-refractivity contribution >= 4 is 34.5 Å². The largest absolute Gasteiger partial charge is 0.494 e. The van der Waals surface area contributed by atoms with Crippen LogP contribution in [0.1, 0.15) is 25.3 Å². The average molecular weight is 464 g/mol. The number of thioether (sulfide) groups is 1. The highest BCUT2D eigenvalue weighted by molar-refractivity contribution is 7.98. The van der Waals surface area contributed by atoms with E-state index < -0.39 is 0 Å². The Labute approximate surface area is 195 Å². The number of rotatable bonds is 8. The van der Waals surface area contributed by atoms with Crippen LogP contribution in [0.15, 0.2) is 72.1 Å². The maximum atomic E-state index is 6.29. The molecule has 0 aliphatic carbocycles. The number of fused-ring (bicyclic) bond motifs is 3. The molecule has 0 unspecified atom stereocenters. The van der Waals surface area contributed by atoms with Crippen molar-refractivity contribution in [2.75, 3.05) is 6.61 Å². The van der Waals surface area contributed by atoms with Crippen LogP contribution < -0.4 is 4.74 Å². The van der Waals surface area contributed by atoms with Crippen LogP contribution in [0.3, 0.4) is 0 Å². The standard InChI is InChI=1S/C24H22ClN5OS/c1-2-3-14-31-19-10-8-17(9-11-19)21-15-22-23-26-27-24(29(23)12-13-30(22)28-21)32-16-18-6-4-5-7-20(18)25/h4-13,15H,2-3,14,16H2,1H3. The second kappa shape index (κ2) is 9.22. The van der Waals surface area contributed by atoms with Gasteiger partial charge < -0.3 is 4.74 Å². The maximum absolute atomic E-state index is 6.29. The highest BCUT2D eigenvalue weighted by atomic mass is 35.5.